The Labute approximate surface area is 97.1 Å². The molecule has 1 aliphatic heterocycles. The van der Waals surface area contributed by atoms with E-state index < -0.39 is 0 Å². The van der Waals surface area contributed by atoms with Gasteiger partial charge in [-0.15, -0.1) is 0 Å². The highest BCUT2D eigenvalue weighted by atomic mass is 14.9. The second-order valence-electron chi connectivity index (χ2n) is 4.89. The van der Waals surface area contributed by atoms with Gasteiger partial charge >= 0.3 is 0 Å². The van der Waals surface area contributed by atoms with E-state index in [2.05, 4.69) is 55.0 Å². The number of aliphatic imine (C=N–C) groups is 2. The minimum atomic E-state index is 0.0968. The van der Waals surface area contributed by atoms with Crippen molar-refractivity contribution in [2.24, 2.45) is 15.9 Å². The summed E-state index contributed by atoms with van der Waals surface area (Å²) in [6.07, 6.45) is 3.56. The number of hydrogen-bond acceptors (Lipinski definition) is 2. The molecule has 1 heterocycles. The third-order valence-corrected chi connectivity index (χ3v) is 3.63. The summed E-state index contributed by atoms with van der Waals surface area (Å²) in [5.74, 6) is 0.553. The van der Waals surface area contributed by atoms with Gasteiger partial charge in [0.05, 0.1) is 6.54 Å². The van der Waals surface area contributed by atoms with E-state index in [4.69, 9.17) is 0 Å². The molecule has 0 N–H and O–H groups in total. The molecule has 0 radical (unpaired) electrons. The molecular weight excluding hydrogens is 196 g/mol. The Hall–Kier alpha value is -1.44. The maximum atomic E-state index is 4.38. The van der Waals surface area contributed by atoms with Crippen LogP contribution < -0.4 is 0 Å². The number of benzene rings is 1. The van der Waals surface area contributed by atoms with Gasteiger partial charge in [0.25, 0.3) is 0 Å². The Morgan fingerprint density at radius 1 is 1.25 bits per heavy atom. The van der Waals surface area contributed by atoms with E-state index in [1.165, 1.54) is 11.1 Å². The molecule has 0 aromatic heterocycles. The van der Waals surface area contributed by atoms with Crippen molar-refractivity contribution in [3.63, 3.8) is 0 Å². The van der Waals surface area contributed by atoms with Crippen LogP contribution >= 0.6 is 0 Å². The minimum Gasteiger partial charge on any atom is -0.273 e. The Morgan fingerprint density at radius 3 is 2.75 bits per heavy atom. The first kappa shape index (κ1) is 11.1. The topological polar surface area (TPSA) is 24.7 Å². The third kappa shape index (κ3) is 1.80. The molecule has 0 saturated heterocycles. The van der Waals surface area contributed by atoms with E-state index in [1.54, 1.807) is 6.34 Å². The molecule has 1 atom stereocenters. The molecule has 1 aromatic rings. The van der Waals surface area contributed by atoms with Gasteiger partial charge in [0.15, 0.2) is 0 Å². The van der Waals surface area contributed by atoms with Gasteiger partial charge in [0.2, 0.25) is 0 Å². The van der Waals surface area contributed by atoms with E-state index in [0.29, 0.717) is 5.92 Å². The molecule has 0 aliphatic carbocycles. The smallest absolute Gasteiger partial charge is 0.109 e. The Balaban J connectivity index is 2.59. The molecular formula is C14H18N2. The maximum absolute atomic E-state index is 4.38. The molecule has 1 unspecified atom stereocenters. The summed E-state index contributed by atoms with van der Waals surface area (Å²) in [5, 5.41) is 0. The fourth-order valence-electron chi connectivity index (χ4n) is 2.10. The molecule has 2 rings (SSSR count). The Kier molecular flexibility index (Phi) is 2.90. The standard InChI is InChI=1S/C14H18N2/c1-11(2)14(3)9-16-10-15-8-12-6-4-5-7-13(12)14/h4-8,10-11H,9H2,1-3H3. The summed E-state index contributed by atoms with van der Waals surface area (Å²) in [7, 11) is 0. The van der Waals surface area contributed by atoms with Crippen LogP contribution in [0.3, 0.4) is 0 Å². The van der Waals surface area contributed by atoms with Gasteiger partial charge in [-0.3, -0.25) is 4.99 Å². The molecule has 0 amide bonds. The van der Waals surface area contributed by atoms with Crippen molar-refractivity contribution >= 4 is 12.6 Å². The highest BCUT2D eigenvalue weighted by Gasteiger charge is 2.32. The zero-order valence-electron chi connectivity index (χ0n) is 10.1. The second-order valence-corrected chi connectivity index (χ2v) is 4.89. The number of rotatable bonds is 1. The van der Waals surface area contributed by atoms with Crippen LogP contribution in [0.2, 0.25) is 0 Å². The molecule has 0 fully saturated rings. The molecule has 0 saturated carbocycles. The summed E-state index contributed by atoms with van der Waals surface area (Å²) < 4.78 is 0. The number of hydrogen-bond donors (Lipinski definition) is 0. The molecule has 1 aromatic carbocycles. The average Bonchev–Trinajstić information content (AvgIpc) is 2.26. The van der Waals surface area contributed by atoms with Crippen molar-refractivity contribution in [2.45, 2.75) is 26.2 Å². The SMILES string of the molecule is CC(C)C1(C)CN=CN=Cc2ccccc21. The number of nitrogens with zero attached hydrogens (tertiary/aromatic N) is 2. The second kappa shape index (κ2) is 4.20. The van der Waals surface area contributed by atoms with E-state index in [-0.39, 0.29) is 5.41 Å². The van der Waals surface area contributed by atoms with Gasteiger partial charge < -0.3 is 0 Å². The van der Waals surface area contributed by atoms with E-state index in [0.717, 1.165) is 6.54 Å². The van der Waals surface area contributed by atoms with Crippen molar-refractivity contribution in [3.05, 3.63) is 35.4 Å². The van der Waals surface area contributed by atoms with Crippen molar-refractivity contribution in [3.8, 4) is 0 Å². The van der Waals surface area contributed by atoms with Crippen LogP contribution in [0.1, 0.15) is 31.9 Å². The van der Waals surface area contributed by atoms with Crippen molar-refractivity contribution < 1.29 is 0 Å². The molecule has 2 heteroatoms. The Morgan fingerprint density at radius 2 is 2.00 bits per heavy atom. The highest BCUT2D eigenvalue weighted by Crippen LogP contribution is 2.34. The first-order chi connectivity index (χ1) is 7.64. The van der Waals surface area contributed by atoms with Crippen LogP contribution in [0.15, 0.2) is 34.3 Å². The van der Waals surface area contributed by atoms with Crippen molar-refractivity contribution in [1.82, 2.24) is 0 Å². The largest absolute Gasteiger partial charge is 0.273 e. The number of fused-ring (bicyclic) bond motifs is 1. The van der Waals surface area contributed by atoms with Crippen LogP contribution in [0.5, 0.6) is 0 Å². The van der Waals surface area contributed by atoms with E-state index in [1.807, 2.05) is 6.21 Å². The van der Waals surface area contributed by atoms with Gasteiger partial charge in [-0.25, -0.2) is 4.99 Å². The predicted octanol–water partition coefficient (Wildman–Crippen LogP) is 3.06. The summed E-state index contributed by atoms with van der Waals surface area (Å²) >= 11 is 0. The molecule has 0 spiro atoms. The lowest BCUT2D eigenvalue weighted by Crippen LogP contribution is -2.33. The van der Waals surface area contributed by atoms with Gasteiger partial charge in [-0.05, 0) is 17.0 Å². The van der Waals surface area contributed by atoms with E-state index >= 15 is 0 Å². The summed E-state index contributed by atoms with van der Waals surface area (Å²) in [6, 6.07) is 8.48. The lowest BCUT2D eigenvalue weighted by molar-refractivity contribution is 0.348. The summed E-state index contributed by atoms with van der Waals surface area (Å²) in [5.41, 5.74) is 2.66. The lowest BCUT2D eigenvalue weighted by atomic mass is 9.71. The van der Waals surface area contributed by atoms with Crippen LogP contribution in [-0.4, -0.2) is 19.1 Å². The Bertz CT molecular complexity index is 432. The molecule has 0 bridgehead atoms. The first-order valence-electron chi connectivity index (χ1n) is 5.75. The molecule has 2 nitrogen and oxygen atoms in total. The molecule has 1 aliphatic rings. The van der Waals surface area contributed by atoms with Gasteiger partial charge in [0, 0.05) is 11.6 Å². The molecule has 16 heavy (non-hydrogen) atoms. The van der Waals surface area contributed by atoms with Gasteiger partial charge in [0.1, 0.15) is 6.34 Å². The van der Waals surface area contributed by atoms with E-state index in [9.17, 15) is 0 Å². The first-order valence-corrected chi connectivity index (χ1v) is 5.75. The van der Waals surface area contributed by atoms with Crippen molar-refractivity contribution in [2.75, 3.05) is 6.54 Å². The summed E-state index contributed by atoms with van der Waals surface area (Å²) in [6.45, 7) is 7.60. The van der Waals surface area contributed by atoms with Crippen LogP contribution in [-0.2, 0) is 5.41 Å². The van der Waals surface area contributed by atoms with Crippen molar-refractivity contribution in [1.29, 1.82) is 0 Å². The van der Waals surface area contributed by atoms with Crippen LogP contribution in [0.25, 0.3) is 0 Å². The van der Waals surface area contributed by atoms with Crippen LogP contribution in [0, 0.1) is 5.92 Å². The fraction of sp³-hybridized carbons (Fsp3) is 0.429. The van der Waals surface area contributed by atoms with Gasteiger partial charge in [-0.2, -0.15) is 0 Å². The fourth-order valence-corrected chi connectivity index (χ4v) is 2.10. The lowest BCUT2D eigenvalue weighted by Gasteiger charge is -2.34. The highest BCUT2D eigenvalue weighted by molar-refractivity contribution is 5.88. The zero-order chi connectivity index (χ0) is 11.6. The summed E-state index contributed by atoms with van der Waals surface area (Å²) in [4.78, 5) is 8.56. The zero-order valence-corrected chi connectivity index (χ0v) is 10.1. The monoisotopic (exact) mass is 214 g/mol. The van der Waals surface area contributed by atoms with Gasteiger partial charge in [-0.1, -0.05) is 45.0 Å². The predicted molar refractivity (Wildman–Crippen MR) is 69.6 cm³/mol. The minimum absolute atomic E-state index is 0.0968. The third-order valence-electron chi connectivity index (χ3n) is 3.63. The quantitative estimate of drug-likeness (QED) is 0.686. The maximum Gasteiger partial charge on any atom is 0.109 e. The average molecular weight is 214 g/mol. The molecule has 84 valence electrons. The normalized spacial score (nSPS) is 24.0. The van der Waals surface area contributed by atoms with Crippen LogP contribution in [0.4, 0.5) is 0 Å².